The van der Waals surface area contributed by atoms with Crippen molar-refractivity contribution < 1.29 is 4.79 Å². The van der Waals surface area contributed by atoms with Crippen LogP contribution in [0.5, 0.6) is 0 Å². The summed E-state index contributed by atoms with van der Waals surface area (Å²) in [6.07, 6.45) is 3.26. The highest BCUT2D eigenvalue weighted by Crippen LogP contribution is 2.09. The predicted octanol–water partition coefficient (Wildman–Crippen LogP) is 0.487. The SMILES string of the molecule is [CH2]C#CC(C=O)N1CCCC1. The molecule has 0 aliphatic carbocycles. The van der Waals surface area contributed by atoms with Crippen LogP contribution in [0.4, 0.5) is 0 Å². The number of hydrogen-bond acceptors (Lipinski definition) is 2. The van der Waals surface area contributed by atoms with E-state index in [9.17, 15) is 4.79 Å². The molecule has 11 heavy (non-hydrogen) atoms. The van der Waals surface area contributed by atoms with Gasteiger partial charge in [-0.05, 0) is 25.9 Å². The summed E-state index contributed by atoms with van der Waals surface area (Å²) in [6.45, 7) is 5.39. The molecule has 0 N–H and O–H groups in total. The van der Waals surface area contributed by atoms with Gasteiger partial charge in [-0.25, -0.2) is 0 Å². The van der Waals surface area contributed by atoms with Gasteiger partial charge in [0.1, 0.15) is 12.3 Å². The summed E-state index contributed by atoms with van der Waals surface area (Å²) in [5.41, 5.74) is 0. The lowest BCUT2D eigenvalue weighted by Crippen LogP contribution is -2.32. The van der Waals surface area contributed by atoms with Crippen LogP contribution in [0.2, 0.25) is 0 Å². The summed E-state index contributed by atoms with van der Waals surface area (Å²) >= 11 is 0. The molecule has 0 aromatic rings. The molecular formula is C9H12NO. The lowest BCUT2D eigenvalue weighted by atomic mass is 10.3. The summed E-state index contributed by atoms with van der Waals surface area (Å²) in [7, 11) is 0. The Bertz CT molecular complexity index is 183. The standard InChI is InChI=1S/C9H12NO/c1-2-5-9(8-11)10-6-3-4-7-10/h8-9H,1,3-4,6-7H2. The zero-order valence-electron chi connectivity index (χ0n) is 6.55. The Morgan fingerprint density at radius 3 is 2.55 bits per heavy atom. The van der Waals surface area contributed by atoms with E-state index >= 15 is 0 Å². The number of carbonyl (C=O) groups is 1. The fourth-order valence-electron chi connectivity index (χ4n) is 1.34. The molecule has 1 aliphatic rings. The van der Waals surface area contributed by atoms with Crippen LogP contribution < -0.4 is 0 Å². The molecule has 0 spiro atoms. The Balaban J connectivity index is 2.50. The Morgan fingerprint density at radius 2 is 2.09 bits per heavy atom. The minimum absolute atomic E-state index is 0.213. The molecule has 1 fully saturated rings. The molecule has 1 aliphatic heterocycles. The van der Waals surface area contributed by atoms with Crippen LogP contribution in [0.25, 0.3) is 0 Å². The molecule has 0 saturated carbocycles. The van der Waals surface area contributed by atoms with Gasteiger partial charge < -0.3 is 4.79 Å². The zero-order valence-corrected chi connectivity index (χ0v) is 6.55. The van der Waals surface area contributed by atoms with Crippen molar-refractivity contribution in [1.29, 1.82) is 0 Å². The van der Waals surface area contributed by atoms with Crippen LogP contribution in [0, 0.1) is 18.8 Å². The maximum atomic E-state index is 10.5. The molecule has 0 aromatic heterocycles. The highest BCUT2D eigenvalue weighted by molar-refractivity contribution is 5.63. The lowest BCUT2D eigenvalue weighted by molar-refractivity contribution is -0.110. The number of rotatable bonds is 2. The third-order valence-electron chi connectivity index (χ3n) is 1.91. The van der Waals surface area contributed by atoms with Gasteiger partial charge in [0.05, 0.1) is 0 Å². The van der Waals surface area contributed by atoms with Gasteiger partial charge >= 0.3 is 0 Å². The highest BCUT2D eigenvalue weighted by atomic mass is 16.1. The Kier molecular flexibility index (Phi) is 3.13. The Labute approximate surface area is 67.6 Å². The first kappa shape index (κ1) is 8.29. The van der Waals surface area contributed by atoms with Crippen molar-refractivity contribution in [2.24, 2.45) is 0 Å². The summed E-state index contributed by atoms with van der Waals surface area (Å²) in [5, 5.41) is 0. The van der Waals surface area contributed by atoms with E-state index < -0.39 is 0 Å². The first-order valence-corrected chi connectivity index (χ1v) is 3.85. The highest BCUT2D eigenvalue weighted by Gasteiger charge is 2.18. The summed E-state index contributed by atoms with van der Waals surface area (Å²) < 4.78 is 0. The average molecular weight is 150 g/mol. The third kappa shape index (κ3) is 2.06. The summed E-state index contributed by atoms with van der Waals surface area (Å²) in [6, 6.07) is -0.213. The normalized spacial score (nSPS) is 20.5. The molecule has 1 atom stereocenters. The molecule has 1 unspecified atom stereocenters. The molecule has 0 amide bonds. The molecule has 2 heteroatoms. The smallest absolute Gasteiger partial charge is 0.149 e. The van der Waals surface area contributed by atoms with E-state index in [4.69, 9.17) is 0 Å². The van der Waals surface area contributed by atoms with Crippen LogP contribution in [-0.2, 0) is 4.79 Å². The van der Waals surface area contributed by atoms with Crippen LogP contribution >= 0.6 is 0 Å². The monoisotopic (exact) mass is 150 g/mol. The number of hydrogen-bond donors (Lipinski definition) is 0. The van der Waals surface area contributed by atoms with Crippen molar-refractivity contribution in [2.75, 3.05) is 13.1 Å². The molecule has 0 aromatic carbocycles. The van der Waals surface area contributed by atoms with E-state index in [-0.39, 0.29) is 6.04 Å². The zero-order chi connectivity index (χ0) is 8.10. The van der Waals surface area contributed by atoms with Gasteiger partial charge in [0.2, 0.25) is 0 Å². The number of nitrogens with zero attached hydrogens (tertiary/aromatic N) is 1. The second-order valence-electron chi connectivity index (χ2n) is 2.65. The first-order valence-electron chi connectivity index (χ1n) is 3.85. The summed E-state index contributed by atoms with van der Waals surface area (Å²) in [5.74, 6) is 5.29. The minimum atomic E-state index is -0.213. The predicted molar refractivity (Wildman–Crippen MR) is 43.8 cm³/mol. The van der Waals surface area contributed by atoms with E-state index in [1.165, 1.54) is 12.8 Å². The van der Waals surface area contributed by atoms with Crippen LogP contribution in [-0.4, -0.2) is 30.3 Å². The Morgan fingerprint density at radius 1 is 1.45 bits per heavy atom. The van der Waals surface area contributed by atoms with Gasteiger partial charge in [-0.1, -0.05) is 5.92 Å². The fraction of sp³-hybridized carbons (Fsp3) is 0.556. The fourth-order valence-corrected chi connectivity index (χ4v) is 1.34. The molecule has 1 radical (unpaired) electrons. The lowest BCUT2D eigenvalue weighted by Gasteiger charge is -2.16. The van der Waals surface area contributed by atoms with Crippen LogP contribution in [0.15, 0.2) is 0 Å². The van der Waals surface area contributed by atoms with Crippen molar-refractivity contribution in [2.45, 2.75) is 18.9 Å². The van der Waals surface area contributed by atoms with Crippen molar-refractivity contribution in [3.05, 3.63) is 6.92 Å². The second-order valence-corrected chi connectivity index (χ2v) is 2.65. The van der Waals surface area contributed by atoms with Gasteiger partial charge in [-0.15, -0.1) is 5.92 Å². The summed E-state index contributed by atoms with van der Waals surface area (Å²) in [4.78, 5) is 12.6. The van der Waals surface area contributed by atoms with Crippen LogP contribution in [0.1, 0.15) is 12.8 Å². The molecular weight excluding hydrogens is 138 g/mol. The molecule has 2 nitrogen and oxygen atoms in total. The first-order chi connectivity index (χ1) is 5.38. The molecule has 0 bridgehead atoms. The van der Waals surface area contributed by atoms with Gasteiger partial charge in [0, 0.05) is 6.92 Å². The topological polar surface area (TPSA) is 20.3 Å². The largest absolute Gasteiger partial charge is 0.301 e. The van der Waals surface area contributed by atoms with Crippen molar-refractivity contribution in [3.63, 3.8) is 0 Å². The van der Waals surface area contributed by atoms with Crippen molar-refractivity contribution in [3.8, 4) is 11.8 Å². The number of carbonyl (C=O) groups excluding carboxylic acids is 1. The molecule has 59 valence electrons. The molecule has 1 heterocycles. The van der Waals surface area contributed by atoms with E-state index in [2.05, 4.69) is 23.7 Å². The van der Waals surface area contributed by atoms with Gasteiger partial charge in [0.25, 0.3) is 0 Å². The second kappa shape index (κ2) is 4.15. The van der Waals surface area contributed by atoms with E-state index in [1.807, 2.05) is 0 Å². The third-order valence-corrected chi connectivity index (χ3v) is 1.91. The average Bonchev–Trinajstić information content (AvgIpc) is 2.52. The van der Waals surface area contributed by atoms with E-state index in [1.54, 1.807) is 0 Å². The van der Waals surface area contributed by atoms with Crippen LogP contribution in [0.3, 0.4) is 0 Å². The molecule has 1 saturated heterocycles. The Hall–Kier alpha value is -0.810. The van der Waals surface area contributed by atoms with Gasteiger partial charge in [0.15, 0.2) is 0 Å². The number of aldehydes is 1. The van der Waals surface area contributed by atoms with Crippen molar-refractivity contribution >= 4 is 6.29 Å². The number of likely N-dealkylation sites (tertiary alicyclic amines) is 1. The van der Waals surface area contributed by atoms with E-state index in [0.29, 0.717) is 0 Å². The van der Waals surface area contributed by atoms with Crippen molar-refractivity contribution in [1.82, 2.24) is 4.90 Å². The molecule has 1 rings (SSSR count). The quantitative estimate of drug-likeness (QED) is 0.421. The minimum Gasteiger partial charge on any atom is -0.301 e. The van der Waals surface area contributed by atoms with Gasteiger partial charge in [-0.2, -0.15) is 0 Å². The maximum absolute atomic E-state index is 10.5. The van der Waals surface area contributed by atoms with E-state index in [0.717, 1.165) is 19.4 Å². The maximum Gasteiger partial charge on any atom is 0.149 e. The van der Waals surface area contributed by atoms with Gasteiger partial charge in [-0.3, -0.25) is 4.90 Å².